The van der Waals surface area contributed by atoms with E-state index in [2.05, 4.69) is 19.7 Å². The Labute approximate surface area is 486 Å². The molecule has 5 aromatic rings. The topological polar surface area (TPSA) is 180 Å². The Bertz CT molecular complexity index is 2790. The Morgan fingerprint density at radius 1 is 0.561 bits per heavy atom. The lowest BCUT2D eigenvalue weighted by Gasteiger charge is -2.28. The second-order valence-corrected chi connectivity index (χ2v) is 21.5. The molecule has 7 rings (SSSR count). The normalized spacial score (nSPS) is 16.8. The van der Waals surface area contributed by atoms with Gasteiger partial charge < -0.3 is 42.6 Å². The van der Waals surface area contributed by atoms with Crippen molar-refractivity contribution in [1.29, 1.82) is 0 Å². The predicted octanol–water partition coefficient (Wildman–Crippen LogP) is 13.3. The Hall–Kier alpha value is -7.50. The molecule has 2 aliphatic rings. The molecule has 82 heavy (non-hydrogen) atoms. The number of hydrogen-bond donors (Lipinski definition) is 0. The Morgan fingerprint density at radius 2 is 1.07 bits per heavy atom. The number of unbranched alkanes of at least 4 members (excludes halogenated alkanes) is 6. The maximum absolute atomic E-state index is 13.3. The molecule has 1 aromatic heterocycles. The molecule has 0 aliphatic heterocycles. The van der Waals surface area contributed by atoms with Gasteiger partial charge in [-0.2, -0.15) is 5.10 Å². The van der Waals surface area contributed by atoms with Crippen molar-refractivity contribution in [3.63, 3.8) is 0 Å². The highest BCUT2D eigenvalue weighted by Gasteiger charge is 2.30. The van der Waals surface area contributed by atoms with Crippen LogP contribution in [0, 0.1) is 23.7 Å². The van der Waals surface area contributed by atoms with E-state index in [1.54, 1.807) is 41.6 Å². The van der Waals surface area contributed by atoms with E-state index >= 15 is 0 Å². The predicted molar refractivity (Wildman–Crippen MR) is 318 cm³/mol. The lowest BCUT2D eigenvalue weighted by molar-refractivity contribution is -0.141. The average Bonchev–Trinajstić information content (AvgIpc) is 3.95. The molecule has 17 heteroatoms. The van der Waals surface area contributed by atoms with E-state index in [0.29, 0.717) is 105 Å². The third-order valence-electron chi connectivity index (χ3n) is 14.3. The zero-order chi connectivity index (χ0) is 57.6. The SMILES string of the molecule is C=CCOCCCCCCOc1ccc(OC(=O)C2CCC(COc3ccc(OCC4CCC(C(=O)Oc5ccc(OCCCCCCOC(=O)C=C)cc5)CC4)c(/C=N/N(CCOC(=O)C=C)c4nc5ccccc5s4)c3)CC2)cc1. The van der Waals surface area contributed by atoms with Crippen molar-refractivity contribution in [3.8, 4) is 34.5 Å². The number of benzene rings is 4. The molecular formula is C65H79N3O13S. The van der Waals surface area contributed by atoms with E-state index in [0.717, 1.165) is 106 Å². The highest BCUT2D eigenvalue weighted by atomic mass is 32.1. The molecule has 1 heterocycles. The van der Waals surface area contributed by atoms with Gasteiger partial charge in [0.05, 0.1) is 74.5 Å². The average molecular weight is 1140 g/mol. The number of esters is 4. The first-order valence-electron chi connectivity index (χ1n) is 28.9. The lowest BCUT2D eigenvalue weighted by Crippen LogP contribution is -2.28. The largest absolute Gasteiger partial charge is 0.494 e. The van der Waals surface area contributed by atoms with E-state index in [9.17, 15) is 19.2 Å². The molecule has 0 amide bonds. The van der Waals surface area contributed by atoms with Crippen molar-refractivity contribution in [1.82, 2.24) is 4.98 Å². The first-order valence-corrected chi connectivity index (χ1v) is 29.7. The minimum atomic E-state index is -0.528. The van der Waals surface area contributed by atoms with Crippen LogP contribution >= 0.6 is 11.3 Å². The van der Waals surface area contributed by atoms with Gasteiger partial charge in [0.25, 0.3) is 0 Å². The summed E-state index contributed by atoms with van der Waals surface area (Å²) in [6, 6.07) is 27.9. The number of hydrogen-bond acceptors (Lipinski definition) is 17. The summed E-state index contributed by atoms with van der Waals surface area (Å²) < 4.78 is 53.2. The van der Waals surface area contributed by atoms with Gasteiger partial charge in [0.1, 0.15) is 41.1 Å². The molecule has 0 saturated heterocycles. The zero-order valence-corrected chi connectivity index (χ0v) is 48.0. The van der Waals surface area contributed by atoms with Gasteiger partial charge in [-0.1, -0.05) is 49.1 Å². The van der Waals surface area contributed by atoms with Gasteiger partial charge in [0.15, 0.2) is 0 Å². The molecular weight excluding hydrogens is 1060 g/mol. The highest BCUT2D eigenvalue weighted by molar-refractivity contribution is 7.22. The fourth-order valence-corrected chi connectivity index (χ4v) is 10.5. The van der Waals surface area contributed by atoms with E-state index < -0.39 is 11.9 Å². The molecule has 16 nitrogen and oxygen atoms in total. The first kappa shape index (κ1) is 62.1. The van der Waals surface area contributed by atoms with Crippen LogP contribution in [-0.4, -0.2) is 94.5 Å². The number of carbonyl (C=O) groups excluding carboxylic acids is 4. The summed E-state index contributed by atoms with van der Waals surface area (Å²) in [5.74, 6) is 2.37. The van der Waals surface area contributed by atoms with Crippen molar-refractivity contribution >= 4 is 56.8 Å². The number of nitrogens with zero attached hydrogens (tertiary/aromatic N) is 3. The van der Waals surface area contributed by atoms with Gasteiger partial charge >= 0.3 is 23.9 Å². The minimum Gasteiger partial charge on any atom is -0.494 e. The molecule has 4 aromatic carbocycles. The number of ether oxygens (including phenoxy) is 9. The molecule has 438 valence electrons. The van der Waals surface area contributed by atoms with Crippen LogP contribution in [0.5, 0.6) is 34.5 Å². The Kier molecular flexibility index (Phi) is 26.3. The van der Waals surface area contributed by atoms with Gasteiger partial charge in [-0.05, 0) is 187 Å². The second kappa shape index (κ2) is 34.7. The second-order valence-electron chi connectivity index (χ2n) is 20.5. The Balaban J connectivity index is 0.892. The van der Waals surface area contributed by atoms with E-state index in [1.807, 2.05) is 66.7 Å². The number of carbonyl (C=O) groups is 4. The molecule has 2 fully saturated rings. The zero-order valence-electron chi connectivity index (χ0n) is 47.1. The molecule has 0 N–H and O–H groups in total. The van der Waals surface area contributed by atoms with Crippen molar-refractivity contribution in [2.45, 2.75) is 103 Å². The van der Waals surface area contributed by atoms with Crippen LogP contribution in [0.4, 0.5) is 5.13 Å². The highest BCUT2D eigenvalue weighted by Crippen LogP contribution is 2.35. The summed E-state index contributed by atoms with van der Waals surface area (Å²) >= 11 is 1.48. The summed E-state index contributed by atoms with van der Waals surface area (Å²) in [6.07, 6.45) is 19.5. The number of thiazole rings is 1. The number of hydrazone groups is 1. The first-order chi connectivity index (χ1) is 40.2. The van der Waals surface area contributed by atoms with E-state index in [4.69, 9.17) is 52.7 Å². The van der Waals surface area contributed by atoms with Gasteiger partial charge in [0, 0.05) is 24.3 Å². The van der Waals surface area contributed by atoms with Gasteiger partial charge in [-0.25, -0.2) is 19.6 Å². The van der Waals surface area contributed by atoms with Crippen LogP contribution in [0.2, 0.25) is 0 Å². The van der Waals surface area contributed by atoms with Crippen molar-refractivity contribution < 1.29 is 61.8 Å². The number of fused-ring (bicyclic) bond motifs is 1. The molecule has 0 bridgehead atoms. The molecule has 2 saturated carbocycles. The standard InChI is InChI=1S/C65H79N3O13S/c1-4-38-73-39-13-7-8-14-40-74-53-27-31-55(32-28-53)80-63(71)50-23-19-48(20-24-50)46-78-57-35-36-59(52(44-57)45-66-68(37-43-77-62(70)6-3)65-67-58-17-11-12-18-60(58)82-65)79-47-49-21-25-51(26-22-49)64(72)81-56-33-29-54(30-34-56)75-41-15-9-10-16-42-76-61(69)5-2/h4-6,11-12,17-18,27-36,44-45,48-51H,1-3,7-10,13-16,19-26,37-43,46-47H2/b66-45+. The summed E-state index contributed by atoms with van der Waals surface area (Å²) in [7, 11) is 0. The van der Waals surface area contributed by atoms with Crippen molar-refractivity contribution in [2.75, 3.05) is 64.4 Å². The Morgan fingerprint density at radius 3 is 1.63 bits per heavy atom. The third-order valence-corrected chi connectivity index (χ3v) is 15.4. The van der Waals surface area contributed by atoms with Gasteiger partial charge in [-0.15, -0.1) is 6.58 Å². The lowest BCUT2D eigenvalue weighted by atomic mass is 9.82. The van der Waals surface area contributed by atoms with Crippen molar-refractivity contribution in [2.24, 2.45) is 28.8 Å². The summed E-state index contributed by atoms with van der Waals surface area (Å²) in [4.78, 5) is 54.6. The monoisotopic (exact) mass is 1140 g/mol. The maximum Gasteiger partial charge on any atom is 0.330 e. The third kappa shape index (κ3) is 21.4. The molecule has 0 unspecified atom stereocenters. The van der Waals surface area contributed by atoms with Crippen LogP contribution in [-0.2, 0) is 33.4 Å². The number of rotatable bonds is 36. The molecule has 0 spiro atoms. The van der Waals surface area contributed by atoms with Crippen LogP contribution in [0.25, 0.3) is 10.2 Å². The summed E-state index contributed by atoms with van der Waals surface area (Å²) in [5.41, 5.74) is 1.52. The number of aromatic nitrogens is 1. The molecule has 0 atom stereocenters. The van der Waals surface area contributed by atoms with E-state index in [-0.39, 0.29) is 48.8 Å². The van der Waals surface area contributed by atoms with Crippen LogP contribution in [0.1, 0.15) is 108 Å². The maximum atomic E-state index is 13.3. The van der Waals surface area contributed by atoms with Crippen LogP contribution in [0.3, 0.4) is 0 Å². The van der Waals surface area contributed by atoms with E-state index in [1.165, 1.54) is 17.4 Å². The fraction of sp³-hybridized carbons (Fsp3) is 0.446. The minimum absolute atomic E-state index is 0.0576. The van der Waals surface area contributed by atoms with Crippen molar-refractivity contribution in [3.05, 3.63) is 135 Å². The van der Waals surface area contributed by atoms with Gasteiger partial charge in [-0.3, -0.25) is 9.59 Å². The molecule has 2 aliphatic carbocycles. The number of para-hydroxylation sites is 1. The van der Waals surface area contributed by atoms with Gasteiger partial charge in [0.2, 0.25) is 5.13 Å². The van der Waals surface area contributed by atoms with Crippen LogP contribution in [0.15, 0.2) is 134 Å². The number of anilines is 1. The smallest absolute Gasteiger partial charge is 0.330 e. The van der Waals surface area contributed by atoms with Crippen LogP contribution < -0.4 is 33.4 Å². The summed E-state index contributed by atoms with van der Waals surface area (Å²) in [5, 5.41) is 7.24. The summed E-state index contributed by atoms with van der Waals surface area (Å²) in [6.45, 7) is 14.7. The quantitative estimate of drug-likeness (QED) is 0.00702. The molecule has 0 radical (unpaired) electrons. The fourth-order valence-electron chi connectivity index (χ4n) is 9.60.